The maximum atomic E-state index is 11.9. The van der Waals surface area contributed by atoms with E-state index in [-0.39, 0.29) is 11.6 Å². The summed E-state index contributed by atoms with van der Waals surface area (Å²) in [4.78, 5) is 23.1. The predicted octanol–water partition coefficient (Wildman–Crippen LogP) is 1.53. The summed E-state index contributed by atoms with van der Waals surface area (Å²) in [5, 5.41) is 7.10. The van der Waals surface area contributed by atoms with Crippen LogP contribution in [0, 0.1) is 11.3 Å². The minimum Gasteiger partial charge on any atom is -0.468 e. The van der Waals surface area contributed by atoms with E-state index < -0.39 is 11.5 Å². The van der Waals surface area contributed by atoms with Crippen LogP contribution in [0.3, 0.4) is 0 Å². The lowest BCUT2D eigenvalue weighted by molar-refractivity contribution is -0.141. The van der Waals surface area contributed by atoms with Crippen LogP contribution in [0.5, 0.6) is 0 Å². The van der Waals surface area contributed by atoms with Gasteiger partial charge in [-0.3, -0.25) is 9.59 Å². The SMILES string of the molecule is COC(=O)Cn1ncc(NCC2CC2(C)C)c(Cl)c1=O. The topological polar surface area (TPSA) is 73.2 Å². The second-order valence-corrected chi connectivity index (χ2v) is 6.06. The van der Waals surface area contributed by atoms with Crippen molar-refractivity contribution >= 4 is 23.3 Å². The molecule has 1 aliphatic carbocycles. The number of anilines is 1. The molecule has 0 amide bonds. The minimum absolute atomic E-state index is 0.0439. The summed E-state index contributed by atoms with van der Waals surface area (Å²) >= 11 is 6.01. The first-order valence-corrected chi connectivity index (χ1v) is 6.79. The van der Waals surface area contributed by atoms with E-state index in [1.54, 1.807) is 0 Å². The lowest BCUT2D eigenvalue weighted by Crippen LogP contribution is -2.28. The molecule has 0 saturated heterocycles. The van der Waals surface area contributed by atoms with Crippen molar-refractivity contribution in [1.82, 2.24) is 9.78 Å². The first-order chi connectivity index (χ1) is 9.35. The second-order valence-electron chi connectivity index (χ2n) is 5.68. The predicted molar refractivity (Wildman–Crippen MR) is 75.9 cm³/mol. The van der Waals surface area contributed by atoms with Crippen LogP contribution in [0.1, 0.15) is 20.3 Å². The van der Waals surface area contributed by atoms with Gasteiger partial charge in [0.2, 0.25) is 0 Å². The Balaban J connectivity index is 2.06. The summed E-state index contributed by atoms with van der Waals surface area (Å²) in [6.07, 6.45) is 2.62. The molecule has 0 bridgehead atoms. The van der Waals surface area contributed by atoms with E-state index in [0.717, 1.165) is 17.6 Å². The monoisotopic (exact) mass is 299 g/mol. The number of ether oxygens (including phenoxy) is 1. The van der Waals surface area contributed by atoms with Crippen molar-refractivity contribution in [2.24, 2.45) is 11.3 Å². The van der Waals surface area contributed by atoms with E-state index in [2.05, 4.69) is 29.0 Å². The molecule has 1 heterocycles. The molecule has 1 aromatic rings. The molecule has 20 heavy (non-hydrogen) atoms. The largest absolute Gasteiger partial charge is 0.468 e. The van der Waals surface area contributed by atoms with Crippen LogP contribution in [0.4, 0.5) is 5.69 Å². The van der Waals surface area contributed by atoms with Crippen LogP contribution in [-0.2, 0) is 16.1 Å². The van der Waals surface area contributed by atoms with Crippen LogP contribution in [0.2, 0.25) is 5.02 Å². The molecule has 1 saturated carbocycles. The smallest absolute Gasteiger partial charge is 0.327 e. The van der Waals surface area contributed by atoms with Crippen molar-refractivity contribution < 1.29 is 9.53 Å². The second kappa shape index (κ2) is 5.44. The Morgan fingerprint density at radius 1 is 1.65 bits per heavy atom. The zero-order valence-corrected chi connectivity index (χ0v) is 12.5. The third kappa shape index (κ3) is 3.12. The minimum atomic E-state index is -0.545. The molecular formula is C13H18ClN3O3. The molecule has 1 aliphatic rings. The average molecular weight is 300 g/mol. The highest BCUT2D eigenvalue weighted by atomic mass is 35.5. The number of methoxy groups -OCH3 is 1. The van der Waals surface area contributed by atoms with Gasteiger partial charge in [0.05, 0.1) is 19.0 Å². The van der Waals surface area contributed by atoms with Crippen molar-refractivity contribution in [2.45, 2.75) is 26.8 Å². The Morgan fingerprint density at radius 2 is 2.30 bits per heavy atom. The van der Waals surface area contributed by atoms with Crippen LogP contribution in [0.15, 0.2) is 11.0 Å². The van der Waals surface area contributed by atoms with Crippen molar-refractivity contribution in [3.63, 3.8) is 0 Å². The molecule has 1 fully saturated rings. The Kier molecular flexibility index (Phi) is 4.04. The summed E-state index contributed by atoms with van der Waals surface area (Å²) in [6.45, 7) is 4.92. The summed E-state index contributed by atoms with van der Waals surface area (Å²) < 4.78 is 5.48. The van der Waals surface area contributed by atoms with E-state index in [0.29, 0.717) is 17.0 Å². The van der Waals surface area contributed by atoms with Gasteiger partial charge in [0.15, 0.2) is 0 Å². The Hall–Kier alpha value is -1.56. The highest BCUT2D eigenvalue weighted by molar-refractivity contribution is 6.32. The van der Waals surface area contributed by atoms with Crippen molar-refractivity contribution in [3.05, 3.63) is 21.6 Å². The van der Waals surface area contributed by atoms with Crippen LogP contribution in [-0.4, -0.2) is 29.4 Å². The maximum Gasteiger partial charge on any atom is 0.327 e. The summed E-state index contributed by atoms with van der Waals surface area (Å²) in [6, 6.07) is 0. The van der Waals surface area contributed by atoms with Crippen molar-refractivity contribution in [3.8, 4) is 0 Å². The van der Waals surface area contributed by atoms with Crippen LogP contribution < -0.4 is 10.9 Å². The molecular weight excluding hydrogens is 282 g/mol. The quantitative estimate of drug-likeness (QED) is 0.835. The van der Waals surface area contributed by atoms with E-state index in [4.69, 9.17) is 11.6 Å². The fourth-order valence-electron chi connectivity index (χ4n) is 2.05. The van der Waals surface area contributed by atoms with Crippen LogP contribution in [0.25, 0.3) is 0 Å². The number of nitrogens with zero attached hydrogens (tertiary/aromatic N) is 2. The van der Waals surface area contributed by atoms with E-state index in [1.807, 2.05) is 0 Å². The molecule has 6 nitrogen and oxygen atoms in total. The zero-order chi connectivity index (χ0) is 14.9. The van der Waals surface area contributed by atoms with Gasteiger partial charge in [-0.1, -0.05) is 25.4 Å². The first kappa shape index (κ1) is 14.8. The highest BCUT2D eigenvalue weighted by Gasteiger charge is 2.45. The number of aromatic nitrogens is 2. The van der Waals surface area contributed by atoms with Gasteiger partial charge in [0.1, 0.15) is 11.6 Å². The normalized spacial score (nSPS) is 19.5. The molecule has 2 rings (SSSR count). The maximum absolute atomic E-state index is 11.9. The Morgan fingerprint density at radius 3 is 2.85 bits per heavy atom. The number of carbonyl (C=O) groups is 1. The lowest BCUT2D eigenvalue weighted by Gasteiger charge is -2.10. The van der Waals surface area contributed by atoms with Gasteiger partial charge in [-0.2, -0.15) is 5.10 Å². The molecule has 1 N–H and O–H groups in total. The summed E-state index contributed by atoms with van der Waals surface area (Å²) in [5.41, 5.74) is 0.352. The van der Waals surface area contributed by atoms with Crippen molar-refractivity contribution in [1.29, 1.82) is 0 Å². The molecule has 0 spiro atoms. The van der Waals surface area contributed by atoms with Gasteiger partial charge in [-0.05, 0) is 17.8 Å². The molecule has 110 valence electrons. The third-order valence-electron chi connectivity index (χ3n) is 3.75. The number of nitrogens with one attached hydrogen (secondary N) is 1. The van der Waals surface area contributed by atoms with Gasteiger partial charge < -0.3 is 10.1 Å². The van der Waals surface area contributed by atoms with Gasteiger partial charge in [-0.15, -0.1) is 0 Å². The number of hydrogen-bond acceptors (Lipinski definition) is 5. The highest BCUT2D eigenvalue weighted by Crippen LogP contribution is 2.51. The van der Waals surface area contributed by atoms with Crippen LogP contribution >= 0.6 is 11.6 Å². The fraction of sp³-hybridized carbons (Fsp3) is 0.615. The van der Waals surface area contributed by atoms with E-state index in [9.17, 15) is 9.59 Å². The zero-order valence-electron chi connectivity index (χ0n) is 11.8. The molecule has 0 aromatic carbocycles. The summed E-state index contributed by atoms with van der Waals surface area (Å²) in [7, 11) is 1.25. The van der Waals surface area contributed by atoms with E-state index >= 15 is 0 Å². The Labute approximate surface area is 122 Å². The number of rotatable bonds is 5. The molecule has 0 aliphatic heterocycles. The molecule has 1 atom stereocenters. The first-order valence-electron chi connectivity index (χ1n) is 6.41. The number of hydrogen-bond donors (Lipinski definition) is 1. The standard InChI is InChI=1S/C13H18ClN3O3/c1-13(2)4-8(13)5-15-9-6-16-17(7-10(18)20-3)12(19)11(9)14/h6,8,15H,4-5,7H2,1-3H3. The van der Waals surface area contributed by atoms with Gasteiger partial charge in [-0.25, -0.2) is 4.68 Å². The average Bonchev–Trinajstić information content (AvgIpc) is 3.01. The van der Waals surface area contributed by atoms with Gasteiger partial charge in [0, 0.05) is 6.54 Å². The van der Waals surface area contributed by atoms with Gasteiger partial charge in [0.25, 0.3) is 5.56 Å². The number of carbonyl (C=O) groups excluding carboxylic acids is 1. The lowest BCUT2D eigenvalue weighted by atomic mass is 10.1. The number of esters is 1. The van der Waals surface area contributed by atoms with E-state index in [1.165, 1.54) is 13.3 Å². The molecule has 1 aromatic heterocycles. The third-order valence-corrected chi connectivity index (χ3v) is 4.11. The van der Waals surface area contributed by atoms with Crippen molar-refractivity contribution in [2.75, 3.05) is 19.0 Å². The molecule has 7 heteroatoms. The molecule has 0 radical (unpaired) electrons. The summed E-state index contributed by atoms with van der Waals surface area (Å²) in [5.74, 6) is 0.0344. The number of halogens is 1. The van der Waals surface area contributed by atoms with Gasteiger partial charge >= 0.3 is 5.97 Å². The molecule has 1 unspecified atom stereocenters. The Bertz CT molecular complexity index is 583. The fourth-order valence-corrected chi connectivity index (χ4v) is 2.26.